The number of benzene rings is 3. The van der Waals surface area contributed by atoms with E-state index >= 15 is 0 Å². The lowest BCUT2D eigenvalue weighted by atomic mass is 9.70. The van der Waals surface area contributed by atoms with E-state index in [0.717, 1.165) is 24.0 Å². The molecule has 0 amide bonds. The first-order valence-electron chi connectivity index (χ1n) is 14.8. The number of hydrogen-bond acceptors (Lipinski definition) is 3. The summed E-state index contributed by atoms with van der Waals surface area (Å²) in [5.41, 5.74) is 3.65. The van der Waals surface area contributed by atoms with Crippen LogP contribution < -0.4 is 0 Å². The van der Waals surface area contributed by atoms with Crippen molar-refractivity contribution >= 4 is 0 Å². The SMILES string of the molecule is CC(C)(Cc1ccccc1)O[C@@H](c1ccccc1)[C@H](O[C@H]1C[C@@H]2[C@H]3CC[C@@](C)([C@@H]2O1)C3(C)C)c1ccccc1. The van der Waals surface area contributed by atoms with Crippen LogP contribution in [0.15, 0.2) is 91.0 Å². The maximum absolute atomic E-state index is 7.08. The highest BCUT2D eigenvalue weighted by molar-refractivity contribution is 5.26. The van der Waals surface area contributed by atoms with Crippen LogP contribution in [0.5, 0.6) is 0 Å². The molecule has 6 rings (SSSR count). The summed E-state index contributed by atoms with van der Waals surface area (Å²) in [6.45, 7) is 11.8. The van der Waals surface area contributed by atoms with Gasteiger partial charge in [-0.25, -0.2) is 0 Å². The number of fused-ring (bicyclic) bond motifs is 5. The number of hydrogen-bond donors (Lipinski definition) is 0. The van der Waals surface area contributed by atoms with Gasteiger partial charge in [0.05, 0.1) is 11.7 Å². The van der Waals surface area contributed by atoms with Gasteiger partial charge in [0.15, 0.2) is 6.29 Å². The van der Waals surface area contributed by atoms with Crippen LogP contribution in [-0.2, 0) is 20.6 Å². The Hall–Kier alpha value is -2.46. The molecule has 39 heavy (non-hydrogen) atoms. The zero-order valence-electron chi connectivity index (χ0n) is 24.2. The van der Waals surface area contributed by atoms with Gasteiger partial charge in [0.1, 0.15) is 12.2 Å². The maximum Gasteiger partial charge on any atom is 0.159 e. The predicted molar refractivity (Wildman–Crippen MR) is 156 cm³/mol. The normalized spacial score (nSPS) is 30.7. The summed E-state index contributed by atoms with van der Waals surface area (Å²) in [5, 5.41) is 0. The fraction of sp³-hybridized carbons (Fsp3) is 0.500. The highest BCUT2D eigenvalue weighted by Crippen LogP contribution is 2.71. The summed E-state index contributed by atoms with van der Waals surface area (Å²) in [6.07, 6.45) is 3.83. The zero-order chi connectivity index (χ0) is 27.3. The summed E-state index contributed by atoms with van der Waals surface area (Å²) >= 11 is 0. The predicted octanol–water partition coefficient (Wildman–Crippen LogP) is 8.71. The molecule has 0 spiro atoms. The van der Waals surface area contributed by atoms with Crippen LogP contribution in [0.3, 0.4) is 0 Å². The van der Waals surface area contributed by atoms with Gasteiger partial charge in [-0.2, -0.15) is 0 Å². The van der Waals surface area contributed by atoms with E-state index in [0.29, 0.717) is 17.3 Å². The number of ether oxygens (including phenoxy) is 3. The molecule has 3 nitrogen and oxygen atoms in total. The molecule has 1 heterocycles. The van der Waals surface area contributed by atoms with E-state index in [1.54, 1.807) is 0 Å². The van der Waals surface area contributed by atoms with Gasteiger partial charge >= 0.3 is 0 Å². The molecule has 0 N–H and O–H groups in total. The Morgan fingerprint density at radius 1 is 0.821 bits per heavy atom. The van der Waals surface area contributed by atoms with Gasteiger partial charge in [0, 0.05) is 12.8 Å². The van der Waals surface area contributed by atoms with Crippen LogP contribution in [0.1, 0.15) is 82.8 Å². The molecule has 3 aromatic carbocycles. The van der Waals surface area contributed by atoms with Crippen molar-refractivity contribution in [1.29, 1.82) is 0 Å². The van der Waals surface area contributed by atoms with E-state index in [4.69, 9.17) is 14.2 Å². The van der Waals surface area contributed by atoms with Crippen molar-refractivity contribution in [3.8, 4) is 0 Å². The molecule has 0 radical (unpaired) electrons. The Kier molecular flexibility index (Phi) is 6.98. The van der Waals surface area contributed by atoms with Crippen LogP contribution >= 0.6 is 0 Å². The van der Waals surface area contributed by atoms with Crippen molar-refractivity contribution in [2.45, 2.75) is 90.5 Å². The molecule has 2 bridgehead atoms. The maximum atomic E-state index is 7.08. The second kappa shape index (κ2) is 10.2. The van der Waals surface area contributed by atoms with Gasteiger partial charge < -0.3 is 14.2 Å². The van der Waals surface area contributed by atoms with Crippen molar-refractivity contribution in [2.75, 3.05) is 0 Å². The molecule has 206 valence electrons. The van der Waals surface area contributed by atoms with Crippen LogP contribution in [0.2, 0.25) is 0 Å². The molecule has 2 aliphatic carbocycles. The van der Waals surface area contributed by atoms with Crippen LogP contribution in [-0.4, -0.2) is 18.0 Å². The fourth-order valence-electron chi connectivity index (χ4n) is 8.12. The molecule has 3 aliphatic rings. The van der Waals surface area contributed by atoms with Crippen molar-refractivity contribution in [3.63, 3.8) is 0 Å². The van der Waals surface area contributed by atoms with Gasteiger partial charge in [0.25, 0.3) is 0 Å². The molecule has 3 heteroatoms. The summed E-state index contributed by atoms with van der Waals surface area (Å²) < 4.78 is 21.0. The first kappa shape index (κ1) is 26.7. The average Bonchev–Trinajstić information content (AvgIpc) is 3.50. The Labute approximate surface area is 234 Å². The smallest absolute Gasteiger partial charge is 0.159 e. The lowest BCUT2D eigenvalue weighted by molar-refractivity contribution is -0.225. The quantitative estimate of drug-likeness (QED) is 0.280. The third kappa shape index (κ3) is 4.88. The molecule has 0 aromatic heterocycles. The van der Waals surface area contributed by atoms with E-state index < -0.39 is 5.60 Å². The highest BCUT2D eigenvalue weighted by Gasteiger charge is 2.69. The first-order chi connectivity index (χ1) is 18.7. The minimum absolute atomic E-state index is 0.218. The molecule has 1 saturated heterocycles. The van der Waals surface area contributed by atoms with E-state index in [9.17, 15) is 0 Å². The third-order valence-electron chi connectivity index (χ3n) is 10.4. The monoisotopic (exact) mass is 524 g/mol. The molecule has 3 aromatic rings. The van der Waals surface area contributed by atoms with Crippen LogP contribution in [0.25, 0.3) is 0 Å². The molecule has 3 fully saturated rings. The van der Waals surface area contributed by atoms with Gasteiger partial charge in [-0.05, 0) is 66.0 Å². The Balaban J connectivity index is 1.30. The third-order valence-corrected chi connectivity index (χ3v) is 10.4. The van der Waals surface area contributed by atoms with Crippen LogP contribution in [0.4, 0.5) is 0 Å². The molecule has 1 aliphatic heterocycles. The largest absolute Gasteiger partial charge is 0.364 e. The Bertz CT molecular complexity index is 1240. The fourth-order valence-corrected chi connectivity index (χ4v) is 8.12. The topological polar surface area (TPSA) is 27.7 Å². The minimum Gasteiger partial charge on any atom is -0.364 e. The zero-order valence-corrected chi connectivity index (χ0v) is 24.2. The summed E-state index contributed by atoms with van der Waals surface area (Å²) in [5.74, 6) is 1.29. The average molecular weight is 525 g/mol. The second-order valence-electron chi connectivity index (χ2n) is 13.5. The van der Waals surface area contributed by atoms with Crippen molar-refractivity contribution in [1.82, 2.24) is 0 Å². The molecule has 0 unspecified atom stereocenters. The van der Waals surface area contributed by atoms with Gasteiger partial charge in [-0.1, -0.05) is 112 Å². The molecular formula is C36H44O3. The van der Waals surface area contributed by atoms with E-state index in [1.807, 2.05) is 0 Å². The van der Waals surface area contributed by atoms with Crippen LogP contribution in [0, 0.1) is 22.7 Å². The molecular weight excluding hydrogens is 480 g/mol. The summed E-state index contributed by atoms with van der Waals surface area (Å²) in [6, 6.07) is 31.8. The van der Waals surface area contributed by atoms with Crippen molar-refractivity contribution in [2.24, 2.45) is 22.7 Å². The summed E-state index contributed by atoms with van der Waals surface area (Å²) in [7, 11) is 0. The van der Waals surface area contributed by atoms with Crippen molar-refractivity contribution < 1.29 is 14.2 Å². The van der Waals surface area contributed by atoms with Crippen molar-refractivity contribution in [3.05, 3.63) is 108 Å². The first-order valence-corrected chi connectivity index (χ1v) is 14.8. The van der Waals surface area contributed by atoms with Gasteiger partial charge in [-0.3, -0.25) is 0 Å². The number of rotatable bonds is 9. The lowest BCUT2D eigenvalue weighted by Gasteiger charge is -2.40. The Morgan fingerprint density at radius 3 is 1.97 bits per heavy atom. The standard InChI is InChI=1S/C36H44O3/c1-34(2,24-25-15-9-6-10-16-25)39-32(27-19-13-8-14-20-27)31(26-17-11-7-12-18-26)37-30-23-28-29-21-22-36(5,33(28)38-30)35(29,3)4/h6-20,28-33H,21-24H2,1-5H3/t28-,29-,30-,31-,32+,33-,36+/m1/s1. The summed E-state index contributed by atoms with van der Waals surface area (Å²) in [4.78, 5) is 0. The highest BCUT2D eigenvalue weighted by atomic mass is 16.7. The molecule has 2 saturated carbocycles. The van der Waals surface area contributed by atoms with E-state index in [1.165, 1.54) is 18.4 Å². The van der Waals surface area contributed by atoms with Gasteiger partial charge in [0.2, 0.25) is 0 Å². The lowest BCUT2D eigenvalue weighted by Crippen LogP contribution is -2.38. The van der Waals surface area contributed by atoms with E-state index in [2.05, 4.69) is 126 Å². The van der Waals surface area contributed by atoms with E-state index in [-0.39, 0.29) is 30.0 Å². The minimum atomic E-state index is -0.401. The van der Waals surface area contributed by atoms with Gasteiger partial charge in [-0.15, -0.1) is 0 Å². The Morgan fingerprint density at radius 2 is 1.38 bits per heavy atom. The second-order valence-corrected chi connectivity index (χ2v) is 13.5. The molecule has 7 atom stereocenters.